The molecule has 0 atom stereocenters. The molecule has 20 heavy (non-hydrogen) atoms. The van der Waals surface area contributed by atoms with Crippen LogP contribution >= 0.6 is 0 Å². The summed E-state index contributed by atoms with van der Waals surface area (Å²) in [6, 6.07) is 18.3. The summed E-state index contributed by atoms with van der Waals surface area (Å²) in [6.45, 7) is 0. The molecule has 0 spiro atoms. The molecule has 1 aliphatic carbocycles. The van der Waals surface area contributed by atoms with Crippen LogP contribution in [0, 0.1) is 0 Å². The van der Waals surface area contributed by atoms with Crippen LogP contribution in [0.5, 0.6) is 0 Å². The third-order valence-electron chi connectivity index (χ3n) is 3.76. The third-order valence-corrected chi connectivity index (χ3v) is 3.76. The molecule has 2 nitrogen and oxygen atoms in total. The van der Waals surface area contributed by atoms with Crippen LogP contribution in [0.15, 0.2) is 60.2 Å². The molecule has 2 aromatic carbocycles. The smallest absolute Gasteiger partial charge is 0.307 e. The van der Waals surface area contributed by atoms with Gasteiger partial charge in [-0.15, -0.1) is 0 Å². The molecule has 3 rings (SSSR count). The van der Waals surface area contributed by atoms with Crippen LogP contribution in [0.1, 0.15) is 23.1 Å². The second kappa shape index (κ2) is 5.33. The highest BCUT2D eigenvalue weighted by Gasteiger charge is 2.22. The van der Waals surface area contributed by atoms with E-state index in [1.54, 1.807) is 0 Å². The number of carbonyl (C=O) groups is 1. The van der Waals surface area contributed by atoms with E-state index in [4.69, 9.17) is 5.11 Å². The zero-order chi connectivity index (χ0) is 13.9. The summed E-state index contributed by atoms with van der Waals surface area (Å²) < 4.78 is 0. The van der Waals surface area contributed by atoms with Crippen molar-refractivity contribution in [3.05, 3.63) is 76.9 Å². The van der Waals surface area contributed by atoms with Crippen LogP contribution < -0.4 is 0 Å². The maximum atomic E-state index is 11.1. The number of allylic oxidation sites excluding steroid dienone is 1. The van der Waals surface area contributed by atoms with Gasteiger partial charge in [0.2, 0.25) is 0 Å². The van der Waals surface area contributed by atoms with Gasteiger partial charge in [0.25, 0.3) is 0 Å². The molecule has 0 heterocycles. The number of carboxylic acid groups (broad SMARTS) is 1. The fraction of sp³-hybridized carbons (Fsp3) is 0.167. The van der Waals surface area contributed by atoms with Crippen molar-refractivity contribution >= 4 is 11.5 Å². The Hall–Kier alpha value is -2.35. The number of carboxylic acids is 1. The van der Waals surface area contributed by atoms with E-state index in [0.29, 0.717) is 0 Å². The zero-order valence-corrected chi connectivity index (χ0v) is 11.2. The lowest BCUT2D eigenvalue weighted by Crippen LogP contribution is -1.99. The van der Waals surface area contributed by atoms with Gasteiger partial charge in [0.15, 0.2) is 0 Å². The lowest BCUT2D eigenvalue weighted by molar-refractivity contribution is -0.135. The number of benzene rings is 2. The second-order valence-corrected chi connectivity index (χ2v) is 5.15. The highest BCUT2D eigenvalue weighted by molar-refractivity contribution is 5.88. The summed E-state index contributed by atoms with van der Waals surface area (Å²) in [5.41, 5.74) is 5.82. The van der Waals surface area contributed by atoms with Crippen LogP contribution in [-0.4, -0.2) is 11.1 Å². The molecule has 0 saturated carbocycles. The van der Waals surface area contributed by atoms with E-state index in [9.17, 15) is 4.79 Å². The zero-order valence-electron chi connectivity index (χ0n) is 11.2. The number of hydrogen-bond acceptors (Lipinski definition) is 1. The first-order valence-electron chi connectivity index (χ1n) is 6.79. The van der Waals surface area contributed by atoms with Crippen LogP contribution in [0.4, 0.5) is 0 Å². The molecular formula is C18H16O2. The molecule has 1 N–H and O–H groups in total. The molecule has 0 amide bonds. The Kier molecular flexibility index (Phi) is 3.38. The van der Waals surface area contributed by atoms with Gasteiger partial charge in [-0.25, -0.2) is 0 Å². The van der Waals surface area contributed by atoms with E-state index in [0.717, 1.165) is 24.0 Å². The Bertz CT molecular complexity index is 669. The van der Waals surface area contributed by atoms with Gasteiger partial charge in [0, 0.05) is 0 Å². The summed E-state index contributed by atoms with van der Waals surface area (Å²) >= 11 is 0. The van der Waals surface area contributed by atoms with Crippen molar-refractivity contribution in [2.75, 3.05) is 0 Å². The second-order valence-electron chi connectivity index (χ2n) is 5.15. The number of hydrogen-bond donors (Lipinski definition) is 1. The quantitative estimate of drug-likeness (QED) is 0.914. The van der Waals surface area contributed by atoms with Crippen molar-refractivity contribution in [2.45, 2.75) is 19.3 Å². The highest BCUT2D eigenvalue weighted by atomic mass is 16.4. The van der Waals surface area contributed by atoms with Crippen LogP contribution in [-0.2, 0) is 17.6 Å². The summed E-state index contributed by atoms with van der Waals surface area (Å²) in [6.07, 6.45) is 1.81. The van der Waals surface area contributed by atoms with Gasteiger partial charge in [0.1, 0.15) is 0 Å². The van der Waals surface area contributed by atoms with Crippen molar-refractivity contribution in [3.8, 4) is 0 Å². The standard InChI is InChI=1S/C18H16O2/c19-18(20)12-17-15(10-13-6-2-1-3-7-13)11-14-8-4-5-9-16(14)17/h1-9H,10-12H2,(H,19,20). The minimum Gasteiger partial charge on any atom is -0.481 e. The average Bonchev–Trinajstić information content (AvgIpc) is 2.78. The molecular weight excluding hydrogens is 248 g/mol. The van der Waals surface area contributed by atoms with E-state index in [2.05, 4.69) is 18.2 Å². The summed E-state index contributed by atoms with van der Waals surface area (Å²) in [4.78, 5) is 11.1. The largest absolute Gasteiger partial charge is 0.481 e. The lowest BCUT2D eigenvalue weighted by atomic mass is 9.98. The first-order chi connectivity index (χ1) is 9.74. The number of fused-ring (bicyclic) bond motifs is 1. The predicted octanol–water partition coefficient (Wildman–Crippen LogP) is 3.71. The van der Waals surface area contributed by atoms with Gasteiger partial charge in [0.05, 0.1) is 6.42 Å². The highest BCUT2D eigenvalue weighted by Crippen LogP contribution is 2.36. The van der Waals surface area contributed by atoms with E-state index in [1.807, 2.05) is 36.4 Å². The van der Waals surface area contributed by atoms with Crippen molar-refractivity contribution in [1.29, 1.82) is 0 Å². The van der Waals surface area contributed by atoms with E-state index < -0.39 is 5.97 Å². The fourth-order valence-electron chi connectivity index (χ4n) is 2.88. The Morgan fingerprint density at radius 3 is 2.45 bits per heavy atom. The van der Waals surface area contributed by atoms with Gasteiger partial charge in [-0.2, -0.15) is 0 Å². The molecule has 100 valence electrons. The van der Waals surface area contributed by atoms with Gasteiger partial charge >= 0.3 is 5.97 Å². The third kappa shape index (κ3) is 2.50. The maximum Gasteiger partial charge on any atom is 0.307 e. The normalized spacial score (nSPS) is 13.4. The summed E-state index contributed by atoms with van der Waals surface area (Å²) in [7, 11) is 0. The molecule has 0 aliphatic heterocycles. The SMILES string of the molecule is O=C(O)CC1=C(Cc2ccccc2)Cc2ccccc21. The van der Waals surface area contributed by atoms with E-state index in [1.165, 1.54) is 16.7 Å². The maximum absolute atomic E-state index is 11.1. The topological polar surface area (TPSA) is 37.3 Å². The van der Waals surface area contributed by atoms with Gasteiger partial charge < -0.3 is 5.11 Å². The predicted molar refractivity (Wildman–Crippen MR) is 79.5 cm³/mol. The molecule has 2 heteroatoms. The Labute approximate surface area is 118 Å². The monoisotopic (exact) mass is 264 g/mol. The molecule has 0 aromatic heterocycles. The lowest BCUT2D eigenvalue weighted by Gasteiger charge is -2.07. The molecule has 0 bridgehead atoms. The average molecular weight is 264 g/mol. The molecule has 2 aromatic rings. The van der Waals surface area contributed by atoms with Gasteiger partial charge in [-0.1, -0.05) is 60.2 Å². The van der Waals surface area contributed by atoms with Crippen LogP contribution in [0.3, 0.4) is 0 Å². The Morgan fingerprint density at radius 2 is 1.70 bits per heavy atom. The van der Waals surface area contributed by atoms with Crippen molar-refractivity contribution in [1.82, 2.24) is 0 Å². The Morgan fingerprint density at radius 1 is 1.00 bits per heavy atom. The van der Waals surface area contributed by atoms with E-state index >= 15 is 0 Å². The van der Waals surface area contributed by atoms with E-state index in [-0.39, 0.29) is 6.42 Å². The van der Waals surface area contributed by atoms with Crippen LogP contribution in [0.25, 0.3) is 5.57 Å². The molecule has 0 saturated heterocycles. The molecule has 0 unspecified atom stereocenters. The Balaban J connectivity index is 1.96. The first kappa shape index (κ1) is 12.7. The molecule has 0 fully saturated rings. The molecule has 0 radical (unpaired) electrons. The minimum atomic E-state index is -0.762. The summed E-state index contributed by atoms with van der Waals surface area (Å²) in [5, 5.41) is 9.15. The van der Waals surface area contributed by atoms with Crippen LogP contribution in [0.2, 0.25) is 0 Å². The number of rotatable bonds is 4. The first-order valence-corrected chi connectivity index (χ1v) is 6.79. The van der Waals surface area contributed by atoms with Gasteiger partial charge in [-0.3, -0.25) is 4.79 Å². The fourth-order valence-corrected chi connectivity index (χ4v) is 2.88. The van der Waals surface area contributed by atoms with Crippen molar-refractivity contribution in [3.63, 3.8) is 0 Å². The van der Waals surface area contributed by atoms with Crippen molar-refractivity contribution < 1.29 is 9.90 Å². The molecule has 1 aliphatic rings. The minimum absolute atomic E-state index is 0.110. The number of aliphatic carboxylic acids is 1. The van der Waals surface area contributed by atoms with Gasteiger partial charge in [-0.05, 0) is 35.1 Å². The summed E-state index contributed by atoms with van der Waals surface area (Å²) in [5.74, 6) is -0.762. The van der Waals surface area contributed by atoms with Crippen molar-refractivity contribution in [2.24, 2.45) is 0 Å².